The van der Waals surface area contributed by atoms with Gasteiger partial charge in [-0.2, -0.15) is 13.2 Å². The molecule has 1 aliphatic rings. The molecular formula is C24H19F5N4O4. The Labute approximate surface area is 205 Å². The highest BCUT2D eigenvalue weighted by Crippen LogP contribution is 2.32. The summed E-state index contributed by atoms with van der Waals surface area (Å²) in [5.41, 5.74) is 1.66. The van der Waals surface area contributed by atoms with Crippen molar-refractivity contribution in [2.45, 2.75) is 24.6 Å². The number of pyridine rings is 2. The molecule has 1 amide bonds. The molecule has 1 unspecified atom stereocenters. The summed E-state index contributed by atoms with van der Waals surface area (Å²) < 4.78 is 68.2. The number of hydrogen-bond donors (Lipinski definition) is 1. The quantitative estimate of drug-likeness (QED) is 0.400. The van der Waals surface area contributed by atoms with Crippen molar-refractivity contribution in [1.29, 1.82) is 0 Å². The summed E-state index contributed by atoms with van der Waals surface area (Å²) in [6.45, 7) is -0.284. The second-order valence-corrected chi connectivity index (χ2v) is 8.08. The number of hydrogen-bond acceptors (Lipinski definition) is 5. The molecule has 8 nitrogen and oxygen atoms in total. The number of piperidine rings is 1. The number of benzene rings is 1. The number of aromatic nitrogens is 3. The molecule has 5 rings (SSSR count). The number of amides is 1. The van der Waals surface area contributed by atoms with Crippen LogP contribution in [0, 0.1) is 0 Å². The van der Waals surface area contributed by atoms with Gasteiger partial charge in [-0.3, -0.25) is 9.20 Å². The normalized spacial score (nSPS) is 17.2. The average molecular weight is 522 g/mol. The molecule has 1 N–H and O–H groups in total. The number of carbonyl (C=O) groups is 2. The van der Waals surface area contributed by atoms with Gasteiger partial charge in [-0.15, -0.1) is 0 Å². The van der Waals surface area contributed by atoms with Crippen LogP contribution in [0.2, 0.25) is 0 Å². The molecule has 0 saturated carbocycles. The van der Waals surface area contributed by atoms with Gasteiger partial charge in [0.15, 0.2) is 6.10 Å². The largest absolute Gasteiger partial charge is 0.490 e. The summed E-state index contributed by atoms with van der Waals surface area (Å²) in [6.07, 6.45) is -3.77. The average Bonchev–Trinajstić information content (AvgIpc) is 3.34. The summed E-state index contributed by atoms with van der Waals surface area (Å²) in [5.74, 6) is -6.04. The Balaban J connectivity index is 0.000000405. The van der Waals surface area contributed by atoms with Crippen molar-refractivity contribution in [3.63, 3.8) is 0 Å². The highest BCUT2D eigenvalue weighted by molar-refractivity contribution is 5.93. The molecule has 194 valence electrons. The smallest absolute Gasteiger partial charge is 0.475 e. The first kappa shape index (κ1) is 25.8. The number of aliphatic carboxylic acids is 1. The lowest BCUT2D eigenvalue weighted by molar-refractivity contribution is -0.192. The maximum Gasteiger partial charge on any atom is 0.490 e. The number of alkyl halides is 5. The van der Waals surface area contributed by atoms with Gasteiger partial charge in [0.1, 0.15) is 11.3 Å². The number of carboxylic acids is 1. The molecule has 13 heteroatoms. The van der Waals surface area contributed by atoms with Crippen LogP contribution in [-0.2, 0) is 4.79 Å². The van der Waals surface area contributed by atoms with Crippen LogP contribution in [0.15, 0.2) is 67.0 Å². The van der Waals surface area contributed by atoms with Gasteiger partial charge in [0.2, 0.25) is 5.88 Å². The highest BCUT2D eigenvalue weighted by atomic mass is 19.4. The first-order valence-electron chi connectivity index (χ1n) is 10.9. The fourth-order valence-electron chi connectivity index (χ4n) is 3.72. The van der Waals surface area contributed by atoms with E-state index in [2.05, 4.69) is 9.97 Å². The van der Waals surface area contributed by atoms with Gasteiger partial charge in [-0.1, -0.05) is 24.3 Å². The van der Waals surface area contributed by atoms with Gasteiger partial charge in [0.05, 0.1) is 12.1 Å². The fourth-order valence-corrected chi connectivity index (χ4v) is 3.72. The van der Waals surface area contributed by atoms with Crippen LogP contribution in [0.3, 0.4) is 0 Å². The van der Waals surface area contributed by atoms with E-state index in [9.17, 15) is 26.7 Å². The van der Waals surface area contributed by atoms with Crippen molar-refractivity contribution < 1.29 is 41.4 Å². The molecule has 1 fully saturated rings. The van der Waals surface area contributed by atoms with E-state index in [1.807, 2.05) is 18.2 Å². The third-order valence-corrected chi connectivity index (χ3v) is 5.59. The van der Waals surface area contributed by atoms with Crippen molar-refractivity contribution in [3.8, 4) is 5.88 Å². The number of halogens is 5. The van der Waals surface area contributed by atoms with Crippen LogP contribution >= 0.6 is 0 Å². The fraction of sp³-hybridized carbons (Fsp3) is 0.250. The second-order valence-electron chi connectivity index (χ2n) is 8.08. The maximum atomic E-state index is 14.6. The maximum absolute atomic E-state index is 14.6. The Morgan fingerprint density at radius 1 is 1.05 bits per heavy atom. The number of carboxylic acid groups (broad SMARTS) is 1. The molecule has 0 radical (unpaired) electrons. The van der Waals surface area contributed by atoms with Gasteiger partial charge in [-0.05, 0) is 24.3 Å². The van der Waals surface area contributed by atoms with Crippen LogP contribution < -0.4 is 4.74 Å². The molecule has 1 atom stereocenters. The van der Waals surface area contributed by atoms with E-state index in [0.717, 1.165) is 5.39 Å². The van der Waals surface area contributed by atoms with Gasteiger partial charge in [0.25, 0.3) is 11.8 Å². The van der Waals surface area contributed by atoms with Crippen LogP contribution in [0.5, 0.6) is 5.88 Å². The van der Waals surface area contributed by atoms with Crippen LogP contribution in [0.4, 0.5) is 22.0 Å². The molecule has 0 aliphatic carbocycles. The van der Waals surface area contributed by atoms with Crippen LogP contribution in [0.25, 0.3) is 16.6 Å². The summed E-state index contributed by atoms with van der Waals surface area (Å²) in [7, 11) is 0. The van der Waals surface area contributed by atoms with Crippen LogP contribution in [-0.4, -0.2) is 67.5 Å². The van der Waals surface area contributed by atoms with E-state index in [-0.39, 0.29) is 24.9 Å². The van der Waals surface area contributed by atoms with Gasteiger partial charge >= 0.3 is 12.1 Å². The van der Waals surface area contributed by atoms with Crippen molar-refractivity contribution >= 4 is 28.4 Å². The topological polar surface area (TPSA) is 97.0 Å². The number of para-hydroxylation sites is 1. The highest BCUT2D eigenvalue weighted by Gasteiger charge is 2.47. The lowest BCUT2D eigenvalue weighted by Gasteiger charge is -2.38. The van der Waals surface area contributed by atoms with E-state index >= 15 is 0 Å². The molecule has 3 aromatic heterocycles. The number of fused-ring (bicyclic) bond motifs is 2. The minimum atomic E-state index is -5.08. The minimum Gasteiger partial charge on any atom is -0.475 e. The summed E-state index contributed by atoms with van der Waals surface area (Å²) in [5, 5.41) is 8.02. The van der Waals surface area contributed by atoms with E-state index in [4.69, 9.17) is 14.6 Å². The van der Waals surface area contributed by atoms with E-state index in [1.54, 1.807) is 53.2 Å². The van der Waals surface area contributed by atoms with Crippen molar-refractivity contribution in [1.82, 2.24) is 19.3 Å². The van der Waals surface area contributed by atoms with Crippen molar-refractivity contribution in [2.24, 2.45) is 0 Å². The summed E-state index contributed by atoms with van der Waals surface area (Å²) >= 11 is 0. The number of imidazole rings is 1. The summed E-state index contributed by atoms with van der Waals surface area (Å²) in [6, 6.07) is 15.9. The standard InChI is InChI=1S/C22H18F2N4O2.C2HF3O2/c23-22(24)10-12-27(21(29)17-6-3-7-19-25-11-13-28(17)19)14-18(22)30-20-9-8-15-4-1-2-5-16(15)26-20;3-2(4,5)1(6)7/h1-9,11,13,18H,10,12,14H2;(H,6,7). The van der Waals surface area contributed by atoms with Crippen molar-refractivity contribution in [2.75, 3.05) is 13.1 Å². The molecule has 1 aromatic carbocycles. The number of ether oxygens (including phenoxy) is 1. The van der Waals surface area contributed by atoms with Gasteiger partial charge in [-0.25, -0.2) is 23.5 Å². The Morgan fingerprint density at radius 2 is 1.78 bits per heavy atom. The number of nitrogens with zero attached hydrogens (tertiary/aromatic N) is 4. The van der Waals surface area contributed by atoms with Gasteiger partial charge < -0.3 is 14.7 Å². The minimum absolute atomic E-state index is 0.0536. The SMILES string of the molecule is O=C(O)C(F)(F)F.O=C(c1cccc2nccn12)N1CCC(F)(F)C(Oc2ccc3ccccc3n2)C1. The predicted molar refractivity (Wildman–Crippen MR) is 121 cm³/mol. The molecule has 4 aromatic rings. The second kappa shape index (κ2) is 9.99. The zero-order valence-electron chi connectivity index (χ0n) is 18.9. The molecule has 4 heterocycles. The molecule has 1 aliphatic heterocycles. The number of likely N-dealkylation sites (tertiary alicyclic amines) is 1. The number of carbonyl (C=O) groups excluding carboxylic acids is 1. The zero-order valence-corrected chi connectivity index (χ0v) is 18.9. The molecular weight excluding hydrogens is 503 g/mol. The molecule has 37 heavy (non-hydrogen) atoms. The lowest BCUT2D eigenvalue weighted by Crippen LogP contribution is -2.55. The first-order valence-corrected chi connectivity index (χ1v) is 10.9. The van der Waals surface area contributed by atoms with E-state index < -0.39 is 30.6 Å². The summed E-state index contributed by atoms with van der Waals surface area (Å²) in [4.78, 5) is 31.8. The Bertz CT molecular complexity index is 1440. The Morgan fingerprint density at radius 3 is 2.51 bits per heavy atom. The zero-order chi connectivity index (χ0) is 26.8. The third-order valence-electron chi connectivity index (χ3n) is 5.59. The lowest BCUT2D eigenvalue weighted by atomic mass is 10.0. The Kier molecular flexibility index (Phi) is 6.96. The molecule has 0 spiro atoms. The van der Waals surface area contributed by atoms with E-state index in [1.165, 1.54) is 4.90 Å². The predicted octanol–water partition coefficient (Wildman–Crippen LogP) is 4.44. The van der Waals surface area contributed by atoms with Crippen molar-refractivity contribution in [3.05, 3.63) is 72.7 Å². The molecule has 1 saturated heterocycles. The molecule has 0 bridgehead atoms. The third kappa shape index (κ3) is 5.76. The van der Waals surface area contributed by atoms with E-state index in [0.29, 0.717) is 16.9 Å². The number of rotatable bonds is 3. The monoisotopic (exact) mass is 522 g/mol. The van der Waals surface area contributed by atoms with Crippen LogP contribution in [0.1, 0.15) is 16.9 Å². The van der Waals surface area contributed by atoms with Gasteiger partial charge in [0, 0.05) is 36.8 Å². The first-order chi connectivity index (χ1) is 17.5. The Hall–Kier alpha value is -4.29.